The van der Waals surface area contributed by atoms with E-state index >= 15 is 0 Å². The topological polar surface area (TPSA) is 61.4 Å². The Morgan fingerprint density at radius 1 is 1.08 bits per heavy atom. The molecule has 1 fully saturated rings. The fourth-order valence-corrected chi connectivity index (χ4v) is 2.54. The number of nitrogens with one attached hydrogen (secondary N) is 2. The maximum absolute atomic E-state index is 12.3. The summed E-state index contributed by atoms with van der Waals surface area (Å²) in [6, 6.07) is 15.1. The van der Waals surface area contributed by atoms with Gasteiger partial charge in [0.25, 0.3) is 5.91 Å². The van der Waals surface area contributed by atoms with Crippen LogP contribution in [0.4, 0.5) is 11.4 Å². The highest BCUT2D eigenvalue weighted by Crippen LogP contribution is 2.30. The van der Waals surface area contributed by atoms with Crippen molar-refractivity contribution < 1.29 is 9.59 Å². The molecule has 2 N–H and O–H groups in total. The van der Waals surface area contributed by atoms with Crippen molar-refractivity contribution in [2.75, 3.05) is 24.3 Å². The summed E-state index contributed by atoms with van der Waals surface area (Å²) in [5.74, 6) is 0.147. The highest BCUT2D eigenvalue weighted by Gasteiger charge is 2.29. The lowest BCUT2D eigenvalue weighted by Gasteiger charge is -2.13. The molecule has 25 heavy (non-hydrogen) atoms. The third kappa shape index (κ3) is 4.59. The standard InChI is InChI=1S/C20H23N3O2/c1-23(2)18-10-8-15(9-11-18)19(24)21-13-14-4-3-5-17(12-14)22-20(25)16-6-7-16/h3-5,8-12,16H,6-7,13H2,1-2H3,(H,21,24)(H,22,25). The van der Waals surface area contributed by atoms with Crippen LogP contribution in [-0.4, -0.2) is 25.9 Å². The molecule has 5 nitrogen and oxygen atoms in total. The molecule has 1 aliphatic carbocycles. The van der Waals surface area contributed by atoms with E-state index in [2.05, 4.69) is 10.6 Å². The second kappa shape index (κ2) is 7.38. The van der Waals surface area contributed by atoms with Crippen LogP contribution in [-0.2, 0) is 11.3 Å². The zero-order valence-corrected chi connectivity index (χ0v) is 14.6. The number of hydrogen-bond donors (Lipinski definition) is 2. The molecule has 5 heteroatoms. The van der Waals surface area contributed by atoms with E-state index in [-0.39, 0.29) is 17.7 Å². The van der Waals surface area contributed by atoms with E-state index in [1.54, 1.807) is 0 Å². The number of anilines is 2. The van der Waals surface area contributed by atoms with Crippen molar-refractivity contribution in [1.29, 1.82) is 0 Å². The van der Waals surface area contributed by atoms with Gasteiger partial charge in [0.15, 0.2) is 0 Å². The number of rotatable bonds is 6. The number of amides is 2. The largest absolute Gasteiger partial charge is 0.378 e. The molecule has 0 aromatic heterocycles. The molecule has 0 unspecified atom stereocenters. The van der Waals surface area contributed by atoms with Gasteiger partial charge in [0.05, 0.1) is 0 Å². The molecule has 0 heterocycles. The van der Waals surface area contributed by atoms with Crippen molar-refractivity contribution >= 4 is 23.2 Å². The van der Waals surface area contributed by atoms with Gasteiger partial charge in [-0.05, 0) is 54.8 Å². The van der Waals surface area contributed by atoms with Gasteiger partial charge in [0, 0.05) is 43.5 Å². The van der Waals surface area contributed by atoms with Gasteiger partial charge in [-0.1, -0.05) is 12.1 Å². The minimum absolute atomic E-state index is 0.0853. The van der Waals surface area contributed by atoms with Crippen molar-refractivity contribution in [3.05, 3.63) is 59.7 Å². The zero-order valence-electron chi connectivity index (χ0n) is 14.6. The normalized spacial score (nSPS) is 13.2. The summed E-state index contributed by atoms with van der Waals surface area (Å²) < 4.78 is 0. The highest BCUT2D eigenvalue weighted by molar-refractivity contribution is 5.95. The smallest absolute Gasteiger partial charge is 0.251 e. The minimum atomic E-state index is -0.113. The molecule has 0 saturated heterocycles. The minimum Gasteiger partial charge on any atom is -0.378 e. The quantitative estimate of drug-likeness (QED) is 0.852. The number of benzene rings is 2. The van der Waals surface area contributed by atoms with Crippen molar-refractivity contribution in [2.45, 2.75) is 19.4 Å². The van der Waals surface area contributed by atoms with Gasteiger partial charge >= 0.3 is 0 Å². The van der Waals surface area contributed by atoms with Crippen LogP contribution < -0.4 is 15.5 Å². The first-order valence-corrected chi connectivity index (χ1v) is 8.48. The average molecular weight is 337 g/mol. The van der Waals surface area contributed by atoms with Crippen LogP contribution in [0.2, 0.25) is 0 Å². The monoisotopic (exact) mass is 337 g/mol. The van der Waals surface area contributed by atoms with Crippen molar-refractivity contribution in [3.8, 4) is 0 Å². The molecule has 0 radical (unpaired) electrons. The Morgan fingerprint density at radius 3 is 2.44 bits per heavy atom. The maximum atomic E-state index is 12.3. The summed E-state index contributed by atoms with van der Waals surface area (Å²) in [6.07, 6.45) is 1.96. The summed E-state index contributed by atoms with van der Waals surface area (Å²) in [5, 5.41) is 5.84. The second-order valence-corrected chi connectivity index (χ2v) is 6.59. The first-order chi connectivity index (χ1) is 12.0. The molecular weight excluding hydrogens is 314 g/mol. The molecule has 0 bridgehead atoms. The maximum Gasteiger partial charge on any atom is 0.251 e. The zero-order chi connectivity index (χ0) is 17.8. The van der Waals surface area contributed by atoms with E-state index < -0.39 is 0 Å². The molecule has 2 aromatic rings. The predicted molar refractivity (Wildman–Crippen MR) is 99.7 cm³/mol. The van der Waals surface area contributed by atoms with Gasteiger partial charge in [-0.15, -0.1) is 0 Å². The molecule has 2 amide bonds. The first-order valence-electron chi connectivity index (χ1n) is 8.48. The van der Waals surface area contributed by atoms with Gasteiger partial charge < -0.3 is 15.5 Å². The summed E-state index contributed by atoms with van der Waals surface area (Å²) in [7, 11) is 3.92. The lowest BCUT2D eigenvalue weighted by Crippen LogP contribution is -2.23. The molecule has 1 aliphatic rings. The average Bonchev–Trinajstić information content (AvgIpc) is 3.45. The van der Waals surface area contributed by atoms with Gasteiger partial charge in [0.2, 0.25) is 5.91 Å². The molecule has 0 spiro atoms. The lowest BCUT2D eigenvalue weighted by atomic mass is 10.1. The van der Waals surface area contributed by atoms with Crippen molar-refractivity contribution in [2.24, 2.45) is 5.92 Å². The van der Waals surface area contributed by atoms with E-state index in [4.69, 9.17) is 0 Å². The summed E-state index contributed by atoms with van der Waals surface area (Å²) >= 11 is 0. The molecule has 1 saturated carbocycles. The van der Waals surface area contributed by atoms with Crippen LogP contribution in [0.5, 0.6) is 0 Å². The lowest BCUT2D eigenvalue weighted by molar-refractivity contribution is -0.117. The van der Waals surface area contributed by atoms with Crippen LogP contribution in [0.25, 0.3) is 0 Å². The Kier molecular flexibility index (Phi) is 5.03. The number of carbonyl (C=O) groups is 2. The van der Waals surface area contributed by atoms with Gasteiger partial charge in [-0.2, -0.15) is 0 Å². The molecular formula is C20H23N3O2. The first kappa shape index (κ1) is 17.0. The van der Waals surface area contributed by atoms with Crippen LogP contribution >= 0.6 is 0 Å². The third-order valence-electron chi connectivity index (χ3n) is 4.24. The molecule has 130 valence electrons. The van der Waals surface area contributed by atoms with Crippen LogP contribution in [0, 0.1) is 5.92 Å². The highest BCUT2D eigenvalue weighted by atomic mass is 16.2. The Balaban J connectivity index is 1.57. The van der Waals surface area contributed by atoms with E-state index in [0.717, 1.165) is 29.8 Å². The van der Waals surface area contributed by atoms with Gasteiger partial charge in [0.1, 0.15) is 0 Å². The Hall–Kier alpha value is -2.82. The fraction of sp³-hybridized carbons (Fsp3) is 0.300. The van der Waals surface area contributed by atoms with E-state index in [0.29, 0.717) is 12.1 Å². The molecule has 0 atom stereocenters. The van der Waals surface area contributed by atoms with Crippen molar-refractivity contribution in [1.82, 2.24) is 5.32 Å². The van der Waals surface area contributed by atoms with Gasteiger partial charge in [-0.25, -0.2) is 0 Å². The Bertz CT molecular complexity index is 765. The third-order valence-corrected chi connectivity index (χ3v) is 4.24. The molecule has 3 rings (SSSR count). The number of carbonyl (C=O) groups excluding carboxylic acids is 2. The summed E-state index contributed by atoms with van der Waals surface area (Å²) in [6.45, 7) is 0.418. The summed E-state index contributed by atoms with van der Waals surface area (Å²) in [4.78, 5) is 26.1. The molecule has 2 aromatic carbocycles. The Morgan fingerprint density at radius 2 is 1.80 bits per heavy atom. The fourth-order valence-electron chi connectivity index (χ4n) is 2.54. The second-order valence-electron chi connectivity index (χ2n) is 6.59. The van der Waals surface area contributed by atoms with E-state index in [1.165, 1.54) is 0 Å². The van der Waals surface area contributed by atoms with E-state index in [1.807, 2.05) is 67.5 Å². The Labute approximate surface area is 148 Å². The van der Waals surface area contributed by atoms with Crippen molar-refractivity contribution in [3.63, 3.8) is 0 Å². The summed E-state index contributed by atoms with van der Waals surface area (Å²) in [5.41, 5.74) is 3.41. The SMILES string of the molecule is CN(C)c1ccc(C(=O)NCc2cccc(NC(=O)C3CC3)c2)cc1. The number of nitrogens with zero attached hydrogens (tertiary/aromatic N) is 1. The van der Waals surface area contributed by atoms with Crippen LogP contribution in [0.3, 0.4) is 0 Å². The molecule has 0 aliphatic heterocycles. The van der Waals surface area contributed by atoms with Gasteiger partial charge in [-0.3, -0.25) is 9.59 Å². The van der Waals surface area contributed by atoms with E-state index in [9.17, 15) is 9.59 Å². The van der Waals surface area contributed by atoms with Crippen LogP contribution in [0.1, 0.15) is 28.8 Å². The van der Waals surface area contributed by atoms with Crippen LogP contribution in [0.15, 0.2) is 48.5 Å². The predicted octanol–water partition coefficient (Wildman–Crippen LogP) is 3.03. The number of hydrogen-bond acceptors (Lipinski definition) is 3.